The average Bonchev–Trinajstić information content (AvgIpc) is 3.10. The van der Waals surface area contributed by atoms with Crippen molar-refractivity contribution in [2.45, 2.75) is 0 Å². The molecule has 3 aromatic rings. The highest BCUT2D eigenvalue weighted by Gasteiger charge is 2.17. The van der Waals surface area contributed by atoms with Gasteiger partial charge in [0.15, 0.2) is 0 Å². The van der Waals surface area contributed by atoms with E-state index in [1.807, 2.05) is 12.1 Å². The number of carbonyl (C=O) groups is 1. The number of benzene rings is 2. The molecule has 1 saturated heterocycles. The summed E-state index contributed by atoms with van der Waals surface area (Å²) in [5.41, 5.74) is 3.68. The van der Waals surface area contributed by atoms with Crippen LogP contribution in [0.5, 0.6) is 0 Å². The van der Waals surface area contributed by atoms with Gasteiger partial charge in [-0.3, -0.25) is 4.79 Å². The van der Waals surface area contributed by atoms with Crippen molar-refractivity contribution in [1.82, 2.24) is 8.75 Å². The Labute approximate surface area is 153 Å². The van der Waals surface area contributed by atoms with Gasteiger partial charge in [0.25, 0.3) is 5.91 Å². The summed E-state index contributed by atoms with van der Waals surface area (Å²) >= 11 is 7.27. The maximum absolute atomic E-state index is 12.7. The number of nitrogens with one attached hydrogen (secondary N) is 1. The summed E-state index contributed by atoms with van der Waals surface area (Å²) in [7, 11) is 0. The van der Waals surface area contributed by atoms with Gasteiger partial charge in [0.1, 0.15) is 11.0 Å². The molecule has 2 aromatic carbocycles. The van der Waals surface area contributed by atoms with Crippen LogP contribution in [0.3, 0.4) is 0 Å². The molecule has 1 aliphatic rings. The molecule has 8 heteroatoms. The Morgan fingerprint density at radius 3 is 2.76 bits per heavy atom. The number of rotatable bonds is 3. The highest BCUT2D eigenvalue weighted by Crippen LogP contribution is 2.30. The van der Waals surface area contributed by atoms with Crippen molar-refractivity contribution in [2.75, 3.05) is 36.5 Å². The standard InChI is InChI=1S/C17H15ClN4O2S/c18-12-2-4-16(22-5-7-24-8-6-22)15(10-12)19-17(23)11-1-3-13-14(9-11)21-25-20-13/h1-4,9-10H,5-8H2,(H,19,23). The molecule has 0 radical (unpaired) electrons. The summed E-state index contributed by atoms with van der Waals surface area (Å²) in [6, 6.07) is 10.8. The first-order valence-electron chi connectivity index (χ1n) is 7.86. The Kier molecular flexibility index (Phi) is 4.52. The van der Waals surface area contributed by atoms with Crippen LogP contribution in [-0.4, -0.2) is 41.0 Å². The minimum atomic E-state index is -0.202. The predicted molar refractivity (Wildman–Crippen MR) is 99.9 cm³/mol. The Hall–Kier alpha value is -2.22. The minimum absolute atomic E-state index is 0.202. The molecular formula is C17H15ClN4O2S. The van der Waals surface area contributed by atoms with Gasteiger partial charge in [-0.15, -0.1) is 0 Å². The molecule has 0 atom stereocenters. The highest BCUT2D eigenvalue weighted by molar-refractivity contribution is 7.00. The minimum Gasteiger partial charge on any atom is -0.378 e. The largest absolute Gasteiger partial charge is 0.378 e. The molecule has 1 aliphatic heterocycles. The molecule has 2 heterocycles. The van der Waals surface area contributed by atoms with E-state index in [4.69, 9.17) is 16.3 Å². The molecule has 0 bridgehead atoms. The van der Waals surface area contributed by atoms with Gasteiger partial charge in [-0.1, -0.05) is 11.6 Å². The van der Waals surface area contributed by atoms with Crippen LogP contribution >= 0.6 is 23.3 Å². The van der Waals surface area contributed by atoms with Crippen molar-refractivity contribution >= 4 is 51.6 Å². The first kappa shape index (κ1) is 16.3. The summed E-state index contributed by atoms with van der Waals surface area (Å²) < 4.78 is 13.7. The highest BCUT2D eigenvalue weighted by atomic mass is 35.5. The maximum atomic E-state index is 12.7. The second-order valence-corrected chi connectivity index (χ2v) is 6.65. The smallest absolute Gasteiger partial charge is 0.255 e. The van der Waals surface area contributed by atoms with E-state index in [0.717, 1.165) is 41.5 Å². The van der Waals surface area contributed by atoms with Gasteiger partial charge >= 0.3 is 0 Å². The third-order valence-electron chi connectivity index (χ3n) is 4.07. The number of nitrogens with zero attached hydrogens (tertiary/aromatic N) is 3. The lowest BCUT2D eigenvalue weighted by Crippen LogP contribution is -2.36. The second kappa shape index (κ2) is 6.95. The summed E-state index contributed by atoms with van der Waals surface area (Å²) in [5, 5.41) is 3.55. The van der Waals surface area contributed by atoms with E-state index in [0.29, 0.717) is 29.5 Å². The normalized spacial score (nSPS) is 14.7. The fraction of sp³-hybridized carbons (Fsp3) is 0.235. The number of carbonyl (C=O) groups excluding carboxylic acids is 1. The fourth-order valence-electron chi connectivity index (χ4n) is 2.81. The lowest BCUT2D eigenvalue weighted by Gasteiger charge is -2.30. The zero-order valence-corrected chi connectivity index (χ0v) is 14.8. The predicted octanol–water partition coefficient (Wildman–Crippen LogP) is 3.43. The molecule has 1 amide bonds. The van der Waals surface area contributed by atoms with Gasteiger partial charge in [0.2, 0.25) is 0 Å². The first-order chi connectivity index (χ1) is 12.2. The fourth-order valence-corrected chi connectivity index (χ4v) is 3.50. The van der Waals surface area contributed by atoms with Gasteiger partial charge in [0, 0.05) is 23.7 Å². The number of anilines is 2. The SMILES string of the molecule is O=C(Nc1cc(Cl)ccc1N1CCOCC1)c1ccc2nsnc2c1. The van der Waals surface area contributed by atoms with E-state index in [9.17, 15) is 4.79 Å². The van der Waals surface area contributed by atoms with Crippen molar-refractivity contribution in [3.63, 3.8) is 0 Å². The third-order valence-corrected chi connectivity index (χ3v) is 4.87. The van der Waals surface area contributed by atoms with Crippen molar-refractivity contribution in [1.29, 1.82) is 0 Å². The van der Waals surface area contributed by atoms with Crippen LogP contribution in [0.15, 0.2) is 36.4 Å². The number of amides is 1. The Balaban J connectivity index is 1.62. The molecule has 4 rings (SSSR count). The van der Waals surface area contributed by atoms with E-state index < -0.39 is 0 Å². The van der Waals surface area contributed by atoms with Crippen LogP contribution in [-0.2, 0) is 4.74 Å². The van der Waals surface area contributed by atoms with Gasteiger partial charge < -0.3 is 15.0 Å². The maximum Gasteiger partial charge on any atom is 0.255 e. The van der Waals surface area contributed by atoms with Crippen LogP contribution in [0.4, 0.5) is 11.4 Å². The molecule has 1 fully saturated rings. The molecule has 0 aliphatic carbocycles. The van der Waals surface area contributed by atoms with E-state index in [2.05, 4.69) is 19.0 Å². The summed E-state index contributed by atoms with van der Waals surface area (Å²) in [4.78, 5) is 14.9. The lowest BCUT2D eigenvalue weighted by atomic mass is 10.1. The zero-order chi connectivity index (χ0) is 17.2. The topological polar surface area (TPSA) is 67.4 Å². The molecule has 1 N–H and O–H groups in total. The van der Waals surface area contributed by atoms with Crippen molar-refractivity contribution < 1.29 is 9.53 Å². The third kappa shape index (κ3) is 3.44. The van der Waals surface area contributed by atoms with Gasteiger partial charge in [-0.05, 0) is 36.4 Å². The Morgan fingerprint density at radius 1 is 1.12 bits per heavy atom. The van der Waals surface area contributed by atoms with Crippen molar-refractivity contribution in [3.05, 3.63) is 47.0 Å². The van der Waals surface area contributed by atoms with Crippen LogP contribution in [0, 0.1) is 0 Å². The quantitative estimate of drug-likeness (QED) is 0.760. The van der Waals surface area contributed by atoms with E-state index >= 15 is 0 Å². The van der Waals surface area contributed by atoms with E-state index in [-0.39, 0.29) is 5.91 Å². The number of halogens is 1. The Bertz CT molecular complexity index is 924. The number of aromatic nitrogens is 2. The zero-order valence-electron chi connectivity index (χ0n) is 13.2. The average molecular weight is 375 g/mol. The molecule has 25 heavy (non-hydrogen) atoms. The lowest BCUT2D eigenvalue weighted by molar-refractivity contribution is 0.102. The van der Waals surface area contributed by atoms with Crippen molar-refractivity contribution in [3.8, 4) is 0 Å². The van der Waals surface area contributed by atoms with Gasteiger partial charge in [-0.2, -0.15) is 8.75 Å². The van der Waals surface area contributed by atoms with Crippen LogP contribution in [0.25, 0.3) is 11.0 Å². The molecule has 6 nitrogen and oxygen atoms in total. The molecule has 0 spiro atoms. The number of fused-ring (bicyclic) bond motifs is 1. The number of ether oxygens (including phenoxy) is 1. The molecular weight excluding hydrogens is 360 g/mol. The summed E-state index contributed by atoms with van der Waals surface area (Å²) in [6.07, 6.45) is 0. The van der Waals surface area contributed by atoms with Gasteiger partial charge in [-0.25, -0.2) is 0 Å². The molecule has 128 valence electrons. The number of hydrogen-bond acceptors (Lipinski definition) is 6. The molecule has 0 saturated carbocycles. The van der Waals surface area contributed by atoms with Crippen molar-refractivity contribution in [2.24, 2.45) is 0 Å². The summed E-state index contributed by atoms with van der Waals surface area (Å²) in [5.74, 6) is -0.202. The number of hydrogen-bond donors (Lipinski definition) is 1. The van der Waals surface area contributed by atoms with E-state index in [1.54, 1.807) is 24.3 Å². The monoisotopic (exact) mass is 374 g/mol. The second-order valence-electron chi connectivity index (χ2n) is 5.68. The molecule has 0 unspecified atom stereocenters. The molecule has 1 aromatic heterocycles. The van der Waals surface area contributed by atoms with Crippen LogP contribution < -0.4 is 10.2 Å². The van der Waals surface area contributed by atoms with E-state index in [1.165, 1.54) is 0 Å². The first-order valence-corrected chi connectivity index (χ1v) is 8.97. The summed E-state index contributed by atoms with van der Waals surface area (Å²) in [6.45, 7) is 2.90. The van der Waals surface area contributed by atoms with Gasteiger partial charge in [0.05, 0.1) is 36.3 Å². The number of morpholine rings is 1. The Morgan fingerprint density at radius 2 is 1.92 bits per heavy atom. The van der Waals surface area contributed by atoms with Crippen LogP contribution in [0.1, 0.15) is 10.4 Å². The van der Waals surface area contributed by atoms with Crippen LogP contribution in [0.2, 0.25) is 5.02 Å².